The number of nitrogens with two attached hydrogens (primary N) is 1. The van der Waals surface area contributed by atoms with Gasteiger partial charge in [-0.05, 0) is 17.9 Å². The molecule has 14 heavy (non-hydrogen) atoms. The molecule has 1 heterocycles. The van der Waals surface area contributed by atoms with Crippen molar-refractivity contribution in [1.29, 1.82) is 0 Å². The Labute approximate surface area is 87.9 Å². The standard InChI is InChI=1S/C10H15NO2S/c1-2-3-4-6-13-10(12)8-5-7-14-9(8)11/h5,7H,2-4,6,11H2,1H3. The van der Waals surface area contributed by atoms with Crippen molar-refractivity contribution >= 4 is 22.3 Å². The van der Waals surface area contributed by atoms with Crippen LogP contribution in [0.5, 0.6) is 0 Å². The smallest absolute Gasteiger partial charge is 0.341 e. The number of ether oxygens (including phenoxy) is 1. The molecular formula is C10H15NO2S. The molecule has 0 amide bonds. The van der Waals surface area contributed by atoms with Gasteiger partial charge in [-0.3, -0.25) is 0 Å². The summed E-state index contributed by atoms with van der Waals surface area (Å²) in [5.74, 6) is -0.306. The van der Waals surface area contributed by atoms with Gasteiger partial charge in [-0.1, -0.05) is 19.8 Å². The lowest BCUT2D eigenvalue weighted by atomic mass is 10.3. The Morgan fingerprint density at radius 1 is 1.57 bits per heavy atom. The number of nitrogen functional groups attached to an aromatic ring is 1. The Hall–Kier alpha value is -1.03. The Bertz CT molecular complexity index is 296. The van der Waals surface area contributed by atoms with Crippen LogP contribution < -0.4 is 5.73 Å². The first-order chi connectivity index (χ1) is 6.75. The average molecular weight is 213 g/mol. The first-order valence-electron chi connectivity index (χ1n) is 4.75. The van der Waals surface area contributed by atoms with E-state index in [0.717, 1.165) is 19.3 Å². The van der Waals surface area contributed by atoms with Gasteiger partial charge in [0.25, 0.3) is 0 Å². The maximum absolute atomic E-state index is 11.4. The molecule has 78 valence electrons. The highest BCUT2D eigenvalue weighted by molar-refractivity contribution is 7.14. The predicted octanol–water partition coefficient (Wildman–Crippen LogP) is 2.68. The number of thiophene rings is 1. The molecule has 0 aliphatic carbocycles. The molecule has 0 bridgehead atoms. The maximum Gasteiger partial charge on any atom is 0.341 e. The monoisotopic (exact) mass is 213 g/mol. The van der Waals surface area contributed by atoms with Crippen molar-refractivity contribution in [2.45, 2.75) is 26.2 Å². The summed E-state index contributed by atoms with van der Waals surface area (Å²) in [6, 6.07) is 1.70. The summed E-state index contributed by atoms with van der Waals surface area (Å²) in [7, 11) is 0. The van der Waals surface area contributed by atoms with Crippen molar-refractivity contribution in [3.63, 3.8) is 0 Å². The van der Waals surface area contributed by atoms with Gasteiger partial charge in [0.2, 0.25) is 0 Å². The van der Waals surface area contributed by atoms with Gasteiger partial charge in [0.1, 0.15) is 5.00 Å². The molecule has 0 saturated carbocycles. The minimum absolute atomic E-state index is 0.306. The quantitative estimate of drug-likeness (QED) is 0.604. The highest BCUT2D eigenvalue weighted by atomic mass is 32.1. The summed E-state index contributed by atoms with van der Waals surface area (Å²) >= 11 is 1.35. The molecule has 3 nitrogen and oxygen atoms in total. The lowest BCUT2D eigenvalue weighted by molar-refractivity contribution is 0.0500. The molecule has 1 aromatic heterocycles. The van der Waals surface area contributed by atoms with Gasteiger partial charge in [-0.15, -0.1) is 11.3 Å². The molecule has 0 aromatic carbocycles. The summed E-state index contributed by atoms with van der Waals surface area (Å²) in [4.78, 5) is 11.4. The van der Waals surface area contributed by atoms with E-state index in [0.29, 0.717) is 17.2 Å². The third-order valence-corrected chi connectivity index (χ3v) is 2.64. The van der Waals surface area contributed by atoms with E-state index in [2.05, 4.69) is 6.92 Å². The highest BCUT2D eigenvalue weighted by Crippen LogP contribution is 2.19. The molecule has 1 aromatic rings. The summed E-state index contributed by atoms with van der Waals surface area (Å²) in [5, 5.41) is 2.32. The summed E-state index contributed by atoms with van der Waals surface area (Å²) in [6.45, 7) is 2.60. The Morgan fingerprint density at radius 3 is 2.93 bits per heavy atom. The van der Waals surface area contributed by atoms with Crippen LogP contribution in [0, 0.1) is 0 Å². The lowest BCUT2D eigenvalue weighted by Gasteiger charge is -2.02. The van der Waals surface area contributed by atoms with E-state index >= 15 is 0 Å². The zero-order valence-electron chi connectivity index (χ0n) is 8.29. The van der Waals surface area contributed by atoms with Crippen LogP contribution >= 0.6 is 11.3 Å². The Morgan fingerprint density at radius 2 is 2.36 bits per heavy atom. The number of anilines is 1. The van der Waals surface area contributed by atoms with Crippen molar-refractivity contribution in [3.8, 4) is 0 Å². The van der Waals surface area contributed by atoms with Crippen LogP contribution in [-0.4, -0.2) is 12.6 Å². The zero-order valence-corrected chi connectivity index (χ0v) is 9.10. The summed E-state index contributed by atoms with van der Waals surface area (Å²) in [5.41, 5.74) is 6.08. The van der Waals surface area contributed by atoms with E-state index < -0.39 is 0 Å². The normalized spacial score (nSPS) is 10.1. The summed E-state index contributed by atoms with van der Waals surface area (Å²) < 4.78 is 5.06. The number of hydrogen-bond donors (Lipinski definition) is 1. The van der Waals surface area contributed by atoms with Crippen LogP contribution in [0.25, 0.3) is 0 Å². The van der Waals surface area contributed by atoms with E-state index in [1.54, 1.807) is 11.4 Å². The molecule has 0 saturated heterocycles. The molecule has 0 atom stereocenters. The van der Waals surface area contributed by atoms with E-state index in [-0.39, 0.29) is 5.97 Å². The highest BCUT2D eigenvalue weighted by Gasteiger charge is 2.11. The molecule has 0 unspecified atom stereocenters. The van der Waals surface area contributed by atoms with E-state index in [1.165, 1.54) is 11.3 Å². The van der Waals surface area contributed by atoms with Gasteiger partial charge in [0.05, 0.1) is 12.2 Å². The lowest BCUT2D eigenvalue weighted by Crippen LogP contribution is -2.07. The Balaban J connectivity index is 2.32. The van der Waals surface area contributed by atoms with Crippen LogP contribution in [0.15, 0.2) is 11.4 Å². The number of unbranched alkanes of at least 4 members (excludes halogenated alkanes) is 2. The second-order valence-corrected chi connectivity index (χ2v) is 3.99. The first-order valence-corrected chi connectivity index (χ1v) is 5.63. The van der Waals surface area contributed by atoms with E-state index in [4.69, 9.17) is 10.5 Å². The average Bonchev–Trinajstić information content (AvgIpc) is 2.59. The SMILES string of the molecule is CCCCCOC(=O)c1ccsc1N. The molecule has 0 aliphatic heterocycles. The molecule has 0 spiro atoms. The number of carbonyl (C=O) groups is 1. The van der Waals surface area contributed by atoms with Crippen molar-refractivity contribution in [2.24, 2.45) is 0 Å². The van der Waals surface area contributed by atoms with Gasteiger partial charge < -0.3 is 10.5 Å². The van der Waals surface area contributed by atoms with Crippen LogP contribution in [0.3, 0.4) is 0 Å². The molecule has 0 fully saturated rings. The van der Waals surface area contributed by atoms with Crippen molar-refractivity contribution < 1.29 is 9.53 Å². The number of hydrogen-bond acceptors (Lipinski definition) is 4. The molecule has 1 rings (SSSR count). The molecule has 0 aliphatic rings. The van der Waals surface area contributed by atoms with Gasteiger partial charge in [0, 0.05) is 0 Å². The third kappa shape index (κ3) is 3.03. The van der Waals surface area contributed by atoms with Gasteiger partial charge in [-0.25, -0.2) is 4.79 Å². The third-order valence-electron chi connectivity index (χ3n) is 1.90. The topological polar surface area (TPSA) is 52.3 Å². The van der Waals surface area contributed by atoms with Crippen LogP contribution in [0.4, 0.5) is 5.00 Å². The minimum atomic E-state index is -0.306. The zero-order chi connectivity index (χ0) is 10.4. The fourth-order valence-electron chi connectivity index (χ4n) is 1.08. The fourth-order valence-corrected chi connectivity index (χ4v) is 1.71. The van der Waals surface area contributed by atoms with Gasteiger partial charge >= 0.3 is 5.97 Å². The molecule has 0 radical (unpaired) electrons. The molecular weight excluding hydrogens is 198 g/mol. The molecule has 4 heteroatoms. The molecule has 2 N–H and O–H groups in total. The second kappa shape index (κ2) is 5.65. The largest absolute Gasteiger partial charge is 0.462 e. The van der Waals surface area contributed by atoms with Crippen LogP contribution in [0.2, 0.25) is 0 Å². The Kier molecular flexibility index (Phi) is 4.46. The number of esters is 1. The van der Waals surface area contributed by atoms with Crippen LogP contribution in [0.1, 0.15) is 36.5 Å². The number of rotatable bonds is 5. The van der Waals surface area contributed by atoms with Crippen molar-refractivity contribution in [2.75, 3.05) is 12.3 Å². The van der Waals surface area contributed by atoms with Crippen molar-refractivity contribution in [3.05, 3.63) is 17.0 Å². The van der Waals surface area contributed by atoms with Gasteiger partial charge in [-0.2, -0.15) is 0 Å². The van der Waals surface area contributed by atoms with Crippen LogP contribution in [-0.2, 0) is 4.74 Å². The maximum atomic E-state index is 11.4. The summed E-state index contributed by atoms with van der Waals surface area (Å²) in [6.07, 6.45) is 3.14. The second-order valence-electron chi connectivity index (χ2n) is 3.04. The van der Waals surface area contributed by atoms with Crippen molar-refractivity contribution in [1.82, 2.24) is 0 Å². The van der Waals surface area contributed by atoms with Gasteiger partial charge in [0.15, 0.2) is 0 Å². The fraction of sp³-hybridized carbons (Fsp3) is 0.500. The minimum Gasteiger partial charge on any atom is -0.462 e. The van der Waals surface area contributed by atoms with E-state index in [9.17, 15) is 4.79 Å². The van der Waals surface area contributed by atoms with E-state index in [1.807, 2.05) is 0 Å². The first kappa shape index (κ1) is 11.0. The number of carbonyl (C=O) groups excluding carboxylic acids is 1. The predicted molar refractivity (Wildman–Crippen MR) is 58.5 cm³/mol.